The Morgan fingerprint density at radius 3 is 1.90 bits per heavy atom. The summed E-state index contributed by atoms with van der Waals surface area (Å²) in [6.45, 7) is 8.76. The topological polar surface area (TPSA) is 181 Å². The minimum Gasteiger partial charge on any atom is -0.468 e. The van der Waals surface area contributed by atoms with Gasteiger partial charge < -0.3 is 23.5 Å². The van der Waals surface area contributed by atoms with Gasteiger partial charge in [0.15, 0.2) is 5.78 Å². The maximum Gasteiger partial charge on any atom is 0.373 e. The molecule has 0 atom stereocenters. The Labute approximate surface area is 227 Å². The molecule has 0 aliphatic rings. The predicted molar refractivity (Wildman–Crippen MR) is 136 cm³/mol. The van der Waals surface area contributed by atoms with E-state index >= 15 is 0 Å². The largest absolute Gasteiger partial charge is 0.468 e. The van der Waals surface area contributed by atoms with Crippen molar-refractivity contribution in [1.29, 1.82) is 0 Å². The zero-order chi connectivity index (χ0) is 31.1. The van der Waals surface area contributed by atoms with Crippen LogP contribution < -0.4 is 5.43 Å². The summed E-state index contributed by atoms with van der Waals surface area (Å²) >= 11 is 0. The number of carbonyl (C=O) groups excluding carboxylic acids is 7. The van der Waals surface area contributed by atoms with Crippen molar-refractivity contribution >= 4 is 35.6 Å². The van der Waals surface area contributed by atoms with Crippen molar-refractivity contribution in [3.8, 4) is 0 Å². The SMILES string of the molecule is CCC(=O)/C(=C/N(C)C)C(=O)OC.CCOC(=O)CC(=O)CC.COC(=O)c1coc(C)c(C)c1=O.O=C=O. The normalized spacial score (nSPS) is 9.41. The van der Waals surface area contributed by atoms with Crippen LogP contribution in [0.3, 0.4) is 0 Å². The van der Waals surface area contributed by atoms with Crippen molar-refractivity contribution in [2.75, 3.05) is 34.9 Å². The van der Waals surface area contributed by atoms with E-state index in [1.807, 2.05) is 0 Å². The van der Waals surface area contributed by atoms with Crippen molar-refractivity contribution in [3.05, 3.63) is 45.1 Å². The zero-order valence-corrected chi connectivity index (χ0v) is 23.8. The number of hydrogen-bond acceptors (Lipinski definition) is 13. The molecule has 1 aromatic rings. The van der Waals surface area contributed by atoms with E-state index in [0.717, 1.165) is 6.26 Å². The molecule has 0 saturated heterocycles. The molecular formula is C26H37NO12. The molecule has 0 aromatic carbocycles. The minimum atomic E-state index is -0.670. The number of ketones is 2. The molecule has 1 heterocycles. The van der Waals surface area contributed by atoms with Gasteiger partial charge in [-0.2, -0.15) is 9.59 Å². The highest BCUT2D eigenvalue weighted by Gasteiger charge is 2.17. The number of aryl methyl sites for hydroxylation is 1. The lowest BCUT2D eigenvalue weighted by Gasteiger charge is -2.08. The average molecular weight is 556 g/mol. The van der Waals surface area contributed by atoms with Crippen molar-refractivity contribution in [1.82, 2.24) is 4.90 Å². The molecule has 39 heavy (non-hydrogen) atoms. The summed E-state index contributed by atoms with van der Waals surface area (Å²) in [5.41, 5.74) is 0.124. The van der Waals surface area contributed by atoms with Crippen LogP contribution in [0.1, 0.15) is 61.7 Å². The Hall–Kier alpha value is -4.38. The molecule has 0 amide bonds. The third-order valence-electron chi connectivity index (χ3n) is 4.33. The number of methoxy groups -OCH3 is 2. The molecule has 0 bridgehead atoms. The highest BCUT2D eigenvalue weighted by Crippen LogP contribution is 2.04. The van der Waals surface area contributed by atoms with Crippen molar-refractivity contribution in [2.24, 2.45) is 0 Å². The number of hydrogen-bond donors (Lipinski definition) is 0. The van der Waals surface area contributed by atoms with Crippen LogP contribution in [0.15, 0.2) is 27.2 Å². The maximum absolute atomic E-state index is 11.4. The van der Waals surface area contributed by atoms with Crippen LogP contribution in [0.2, 0.25) is 0 Å². The molecular weight excluding hydrogens is 518 g/mol. The van der Waals surface area contributed by atoms with Gasteiger partial charge >= 0.3 is 24.1 Å². The Kier molecular flexibility index (Phi) is 22.9. The molecule has 13 heteroatoms. The summed E-state index contributed by atoms with van der Waals surface area (Å²) in [6, 6.07) is 0. The van der Waals surface area contributed by atoms with Crippen molar-refractivity contribution in [3.63, 3.8) is 0 Å². The number of nitrogens with zero attached hydrogens (tertiary/aromatic N) is 1. The summed E-state index contributed by atoms with van der Waals surface area (Å²) in [5, 5.41) is 0. The lowest BCUT2D eigenvalue weighted by atomic mass is 10.1. The molecule has 218 valence electrons. The lowest BCUT2D eigenvalue weighted by Crippen LogP contribution is -2.18. The molecule has 1 rings (SSSR count). The van der Waals surface area contributed by atoms with Gasteiger partial charge in [-0.1, -0.05) is 13.8 Å². The third kappa shape index (κ3) is 17.7. The van der Waals surface area contributed by atoms with Gasteiger partial charge in [0, 0.05) is 38.7 Å². The summed E-state index contributed by atoms with van der Waals surface area (Å²) in [4.78, 5) is 83.9. The van der Waals surface area contributed by atoms with Crippen molar-refractivity contribution < 1.29 is 52.2 Å². The molecule has 0 fully saturated rings. The van der Waals surface area contributed by atoms with Crippen LogP contribution in [0.4, 0.5) is 0 Å². The van der Waals surface area contributed by atoms with Gasteiger partial charge in [-0.25, -0.2) is 9.59 Å². The molecule has 0 aliphatic carbocycles. The summed E-state index contributed by atoms with van der Waals surface area (Å²) in [6.07, 6.45) is 3.46. The second kappa shape index (κ2) is 22.8. The standard InChI is InChI=1S/C9H15NO3.C9H10O4.C7H12O3.CO2/c1-5-8(11)7(6-10(2)3)9(12)13-4;1-5-6(2)13-4-7(8(5)10)9(11)12-3;1-3-6(8)5-7(9)10-4-2;2-1-3/h6H,5H2,1-4H3;4H,1-3H3;3-5H2,1-2H3;/b7-6-;;;. The van der Waals surface area contributed by atoms with E-state index in [-0.39, 0.29) is 40.7 Å². The van der Waals surface area contributed by atoms with E-state index in [4.69, 9.17) is 14.0 Å². The number of esters is 3. The molecule has 0 saturated carbocycles. The Bertz CT molecular complexity index is 1060. The molecule has 0 N–H and O–H groups in total. The van der Waals surface area contributed by atoms with E-state index in [1.54, 1.807) is 53.6 Å². The van der Waals surface area contributed by atoms with Crippen LogP contribution >= 0.6 is 0 Å². The molecule has 13 nitrogen and oxygen atoms in total. The van der Waals surface area contributed by atoms with Gasteiger partial charge in [0.1, 0.15) is 35.4 Å². The quantitative estimate of drug-likeness (QED) is 0.142. The first-order valence-electron chi connectivity index (χ1n) is 11.6. The van der Waals surface area contributed by atoms with Crippen LogP contribution in [-0.2, 0) is 43.0 Å². The molecule has 1 aromatic heterocycles. The van der Waals surface area contributed by atoms with Crippen LogP contribution in [0, 0.1) is 13.8 Å². The fraction of sp³-hybridized carbons (Fsp3) is 0.500. The summed E-state index contributed by atoms with van der Waals surface area (Å²) in [5.74, 6) is -1.44. The first-order chi connectivity index (χ1) is 18.2. The summed E-state index contributed by atoms with van der Waals surface area (Å²) in [7, 11) is 5.96. The van der Waals surface area contributed by atoms with E-state index in [0.29, 0.717) is 30.8 Å². The van der Waals surface area contributed by atoms with E-state index in [1.165, 1.54) is 20.4 Å². The number of Topliss-reactive ketones (excluding diaryl/α,β-unsaturated/α-hetero) is 2. The van der Waals surface area contributed by atoms with Gasteiger partial charge in [-0.05, 0) is 20.8 Å². The number of rotatable bonds is 9. The minimum absolute atomic E-state index is 0.0643. The van der Waals surface area contributed by atoms with Gasteiger partial charge in [0.2, 0.25) is 5.43 Å². The number of carbonyl (C=O) groups is 5. The van der Waals surface area contributed by atoms with E-state index < -0.39 is 17.9 Å². The zero-order valence-electron chi connectivity index (χ0n) is 23.8. The second-order valence-electron chi connectivity index (χ2n) is 7.38. The fourth-order valence-corrected chi connectivity index (χ4v) is 2.20. The van der Waals surface area contributed by atoms with Crippen molar-refractivity contribution in [2.45, 2.75) is 53.9 Å². The van der Waals surface area contributed by atoms with Gasteiger partial charge in [0.25, 0.3) is 0 Å². The highest BCUT2D eigenvalue weighted by atomic mass is 16.5. The van der Waals surface area contributed by atoms with Gasteiger partial charge in [-0.3, -0.25) is 19.2 Å². The lowest BCUT2D eigenvalue weighted by molar-refractivity contribution is -0.191. The smallest absolute Gasteiger partial charge is 0.373 e. The molecule has 0 spiro atoms. The Balaban J connectivity index is -0.000000478. The Morgan fingerprint density at radius 2 is 1.51 bits per heavy atom. The van der Waals surface area contributed by atoms with Gasteiger partial charge in [0.05, 0.1) is 20.8 Å². The van der Waals surface area contributed by atoms with Gasteiger partial charge in [-0.15, -0.1) is 0 Å². The predicted octanol–water partition coefficient (Wildman–Crippen LogP) is 1.96. The Morgan fingerprint density at radius 1 is 0.974 bits per heavy atom. The van der Waals surface area contributed by atoms with Crippen LogP contribution in [0.25, 0.3) is 0 Å². The third-order valence-corrected chi connectivity index (χ3v) is 4.33. The summed E-state index contributed by atoms with van der Waals surface area (Å²) < 4.78 is 18.4. The second-order valence-corrected chi connectivity index (χ2v) is 7.38. The number of ether oxygens (including phenoxy) is 3. The fourth-order valence-electron chi connectivity index (χ4n) is 2.20. The average Bonchev–Trinajstić information content (AvgIpc) is 2.90. The van der Waals surface area contributed by atoms with E-state index in [2.05, 4.69) is 14.2 Å². The highest BCUT2D eigenvalue weighted by molar-refractivity contribution is 6.17. The van der Waals surface area contributed by atoms with Crippen LogP contribution in [0.5, 0.6) is 0 Å². The molecule has 0 radical (unpaired) electrons. The molecule has 0 aliphatic heterocycles. The van der Waals surface area contributed by atoms with E-state index in [9.17, 15) is 28.8 Å². The monoisotopic (exact) mass is 555 g/mol. The first-order valence-corrected chi connectivity index (χ1v) is 11.6. The maximum atomic E-state index is 11.4. The van der Waals surface area contributed by atoms with Crippen LogP contribution in [-0.4, -0.2) is 75.4 Å². The first kappa shape index (κ1) is 39.1. The molecule has 0 unspecified atom stereocenters.